The largest absolute Gasteiger partial charge is 0.381 e. The molecule has 25 heavy (non-hydrogen) atoms. The summed E-state index contributed by atoms with van der Waals surface area (Å²) in [5.41, 5.74) is 1.09. The van der Waals surface area contributed by atoms with Crippen molar-refractivity contribution < 1.29 is 13.2 Å². The number of sulfone groups is 1. The van der Waals surface area contributed by atoms with Crippen molar-refractivity contribution in [2.45, 2.75) is 18.6 Å². The number of rotatable bonds is 5. The summed E-state index contributed by atoms with van der Waals surface area (Å²) in [6.45, 7) is 3.93. The first-order valence-corrected chi connectivity index (χ1v) is 10.6. The summed E-state index contributed by atoms with van der Waals surface area (Å²) >= 11 is 0. The van der Waals surface area contributed by atoms with Crippen LogP contribution in [0.3, 0.4) is 0 Å². The first-order chi connectivity index (χ1) is 12.0. The van der Waals surface area contributed by atoms with E-state index in [0.717, 1.165) is 50.7 Å². The van der Waals surface area contributed by atoms with Gasteiger partial charge in [-0.15, -0.1) is 0 Å². The van der Waals surface area contributed by atoms with E-state index < -0.39 is 9.84 Å². The molecule has 1 spiro atoms. The number of benzene rings is 1. The first kappa shape index (κ1) is 18.2. The number of aliphatic imine (C=N–C) groups is 1. The minimum atomic E-state index is -3.14. The van der Waals surface area contributed by atoms with E-state index in [1.807, 2.05) is 30.3 Å². The molecule has 6 nitrogen and oxygen atoms in total. The van der Waals surface area contributed by atoms with Gasteiger partial charge in [-0.2, -0.15) is 0 Å². The molecule has 138 valence electrons. The number of nitrogens with one attached hydrogen (secondary N) is 1. The Balaban J connectivity index is 1.48. The molecule has 1 unspecified atom stereocenters. The predicted octanol–water partition coefficient (Wildman–Crippen LogP) is 1.29. The van der Waals surface area contributed by atoms with Crippen molar-refractivity contribution in [3.8, 4) is 0 Å². The summed E-state index contributed by atoms with van der Waals surface area (Å²) in [5, 5.41) is 3.22. The van der Waals surface area contributed by atoms with Crippen molar-refractivity contribution >= 4 is 15.8 Å². The third-order valence-electron chi connectivity index (χ3n) is 5.06. The Kier molecular flexibility index (Phi) is 5.64. The molecule has 0 aliphatic carbocycles. The molecule has 2 aliphatic rings. The van der Waals surface area contributed by atoms with Crippen LogP contribution in [-0.4, -0.2) is 64.9 Å². The van der Waals surface area contributed by atoms with Crippen molar-refractivity contribution in [2.75, 3.05) is 45.6 Å². The highest BCUT2D eigenvalue weighted by atomic mass is 32.2. The molecule has 1 N–H and O–H groups in total. The van der Waals surface area contributed by atoms with Crippen molar-refractivity contribution in [1.82, 2.24) is 10.2 Å². The predicted molar refractivity (Wildman–Crippen MR) is 99.4 cm³/mol. The fourth-order valence-electron chi connectivity index (χ4n) is 3.64. The molecule has 2 saturated heterocycles. The number of hydrogen-bond donors (Lipinski definition) is 1. The van der Waals surface area contributed by atoms with Crippen LogP contribution in [0.5, 0.6) is 0 Å². The van der Waals surface area contributed by atoms with Gasteiger partial charge in [-0.1, -0.05) is 30.3 Å². The van der Waals surface area contributed by atoms with Crippen molar-refractivity contribution in [1.29, 1.82) is 0 Å². The van der Waals surface area contributed by atoms with Gasteiger partial charge in [0, 0.05) is 38.7 Å². The standard InChI is InChI=1S/C18H27N3O3S/c1-19-17(21-10-7-18(14-21)8-11-24-15-18)20-9-12-25(22,23)13-16-5-3-2-4-6-16/h2-6H,7-15H2,1H3,(H,19,20). The Morgan fingerprint density at radius 1 is 1.32 bits per heavy atom. The molecule has 3 rings (SSSR count). The summed E-state index contributed by atoms with van der Waals surface area (Å²) in [7, 11) is -1.39. The van der Waals surface area contributed by atoms with Crippen LogP contribution in [0.15, 0.2) is 35.3 Å². The van der Waals surface area contributed by atoms with E-state index in [2.05, 4.69) is 15.2 Å². The molecule has 0 aromatic heterocycles. The summed E-state index contributed by atoms with van der Waals surface area (Å²) in [5.74, 6) is 0.972. The average Bonchev–Trinajstić information content (AvgIpc) is 3.22. The topological polar surface area (TPSA) is 71.0 Å². The first-order valence-electron chi connectivity index (χ1n) is 8.80. The summed E-state index contributed by atoms with van der Waals surface area (Å²) in [4.78, 5) is 6.54. The zero-order valence-electron chi connectivity index (χ0n) is 14.8. The lowest BCUT2D eigenvalue weighted by Gasteiger charge is -2.24. The second kappa shape index (κ2) is 7.74. The van der Waals surface area contributed by atoms with Crippen LogP contribution < -0.4 is 5.32 Å². The van der Waals surface area contributed by atoms with Gasteiger partial charge >= 0.3 is 0 Å². The lowest BCUT2D eigenvalue weighted by atomic mass is 9.87. The molecular weight excluding hydrogens is 338 g/mol. The molecule has 2 heterocycles. The van der Waals surface area contributed by atoms with Crippen molar-refractivity contribution in [3.05, 3.63) is 35.9 Å². The van der Waals surface area contributed by atoms with Gasteiger partial charge in [-0.05, 0) is 18.4 Å². The Hall–Kier alpha value is -1.60. The third kappa shape index (κ3) is 4.73. The van der Waals surface area contributed by atoms with Gasteiger partial charge in [0.15, 0.2) is 15.8 Å². The molecular formula is C18H27N3O3S. The maximum absolute atomic E-state index is 12.3. The maximum atomic E-state index is 12.3. The van der Waals surface area contributed by atoms with Gasteiger partial charge in [0.1, 0.15) is 0 Å². The lowest BCUT2D eigenvalue weighted by Crippen LogP contribution is -2.43. The lowest BCUT2D eigenvalue weighted by molar-refractivity contribution is 0.156. The molecule has 7 heteroatoms. The fraction of sp³-hybridized carbons (Fsp3) is 0.611. The van der Waals surface area contributed by atoms with Crippen LogP contribution >= 0.6 is 0 Å². The maximum Gasteiger partial charge on any atom is 0.193 e. The summed E-state index contributed by atoms with van der Waals surface area (Å²) in [6, 6.07) is 9.30. The Morgan fingerprint density at radius 2 is 2.12 bits per heavy atom. The molecule has 1 aromatic carbocycles. The minimum absolute atomic E-state index is 0.0816. The SMILES string of the molecule is CN=C(NCCS(=O)(=O)Cc1ccccc1)N1CCC2(CCOC2)C1. The highest BCUT2D eigenvalue weighted by Gasteiger charge is 2.42. The van der Waals surface area contributed by atoms with Crippen LogP contribution in [0.2, 0.25) is 0 Å². The quantitative estimate of drug-likeness (QED) is 0.629. The normalized spacial score (nSPS) is 24.2. The monoisotopic (exact) mass is 365 g/mol. The number of ether oxygens (including phenoxy) is 1. The molecule has 2 aliphatic heterocycles. The minimum Gasteiger partial charge on any atom is -0.381 e. The van der Waals surface area contributed by atoms with E-state index in [-0.39, 0.29) is 16.9 Å². The van der Waals surface area contributed by atoms with Crippen molar-refractivity contribution in [3.63, 3.8) is 0 Å². The van der Waals surface area contributed by atoms with E-state index in [0.29, 0.717) is 6.54 Å². The average molecular weight is 365 g/mol. The van der Waals surface area contributed by atoms with Gasteiger partial charge < -0.3 is 15.0 Å². The third-order valence-corrected chi connectivity index (χ3v) is 6.66. The van der Waals surface area contributed by atoms with Gasteiger partial charge in [-0.3, -0.25) is 4.99 Å². The second-order valence-electron chi connectivity index (χ2n) is 7.03. The Morgan fingerprint density at radius 3 is 2.80 bits per heavy atom. The van der Waals surface area contributed by atoms with E-state index in [9.17, 15) is 8.42 Å². The summed E-state index contributed by atoms with van der Waals surface area (Å²) in [6.07, 6.45) is 2.21. The summed E-state index contributed by atoms with van der Waals surface area (Å²) < 4.78 is 30.1. The molecule has 0 saturated carbocycles. The van der Waals surface area contributed by atoms with Gasteiger partial charge in [-0.25, -0.2) is 8.42 Å². The van der Waals surface area contributed by atoms with Gasteiger partial charge in [0.2, 0.25) is 0 Å². The van der Waals surface area contributed by atoms with Crippen LogP contribution in [0.4, 0.5) is 0 Å². The number of guanidine groups is 1. The number of hydrogen-bond acceptors (Lipinski definition) is 4. The Labute approximate surface area is 150 Å². The van der Waals surface area contributed by atoms with E-state index in [1.54, 1.807) is 7.05 Å². The van der Waals surface area contributed by atoms with Gasteiger partial charge in [0.25, 0.3) is 0 Å². The zero-order valence-corrected chi connectivity index (χ0v) is 15.6. The molecule has 1 aromatic rings. The number of likely N-dealkylation sites (tertiary alicyclic amines) is 1. The van der Waals surface area contributed by atoms with E-state index in [4.69, 9.17) is 4.74 Å². The van der Waals surface area contributed by atoms with E-state index >= 15 is 0 Å². The van der Waals surface area contributed by atoms with Crippen LogP contribution in [0.25, 0.3) is 0 Å². The highest BCUT2D eigenvalue weighted by molar-refractivity contribution is 7.90. The number of nitrogens with zero attached hydrogens (tertiary/aromatic N) is 2. The zero-order chi connectivity index (χ0) is 17.8. The molecule has 0 amide bonds. The second-order valence-corrected chi connectivity index (χ2v) is 9.21. The molecule has 0 radical (unpaired) electrons. The van der Waals surface area contributed by atoms with E-state index in [1.165, 1.54) is 0 Å². The Bertz CT molecular complexity index is 698. The van der Waals surface area contributed by atoms with Crippen LogP contribution in [0.1, 0.15) is 18.4 Å². The molecule has 1 atom stereocenters. The smallest absolute Gasteiger partial charge is 0.193 e. The van der Waals surface area contributed by atoms with Crippen LogP contribution in [-0.2, 0) is 20.3 Å². The highest BCUT2D eigenvalue weighted by Crippen LogP contribution is 2.38. The van der Waals surface area contributed by atoms with Crippen LogP contribution in [0, 0.1) is 5.41 Å². The fourth-order valence-corrected chi connectivity index (χ4v) is 4.90. The molecule has 0 bridgehead atoms. The van der Waals surface area contributed by atoms with Crippen molar-refractivity contribution in [2.24, 2.45) is 10.4 Å². The van der Waals surface area contributed by atoms with Gasteiger partial charge in [0.05, 0.1) is 18.1 Å². The molecule has 2 fully saturated rings.